The predicted octanol–water partition coefficient (Wildman–Crippen LogP) is 3.84. The number of halogens is 3. The van der Waals surface area contributed by atoms with Crippen LogP contribution in [-0.4, -0.2) is 12.7 Å². The van der Waals surface area contributed by atoms with E-state index < -0.39 is 11.7 Å². The summed E-state index contributed by atoms with van der Waals surface area (Å²) in [6, 6.07) is 0. The second kappa shape index (κ2) is 6.81. The molecule has 0 unspecified atom stereocenters. The van der Waals surface area contributed by atoms with Gasteiger partial charge in [0.25, 0.3) is 0 Å². The molecular formula is C14H16F3N. The molecular weight excluding hydrogens is 239 g/mol. The lowest BCUT2D eigenvalue weighted by atomic mass is 10.1. The molecule has 0 saturated carbocycles. The first-order chi connectivity index (χ1) is 8.18. The van der Waals surface area contributed by atoms with Crippen LogP contribution in [0.5, 0.6) is 0 Å². The average Bonchev–Trinajstić information content (AvgIpc) is 2.30. The minimum Gasteiger partial charge on any atom is -0.327 e. The fourth-order valence-electron chi connectivity index (χ4n) is 0.796. The summed E-state index contributed by atoms with van der Waals surface area (Å²) in [5.74, 6) is 0. The molecule has 0 radical (unpaired) electrons. The molecule has 0 aliphatic rings. The highest BCUT2D eigenvalue weighted by atomic mass is 19.4. The van der Waals surface area contributed by atoms with Gasteiger partial charge in [0.1, 0.15) is 0 Å². The summed E-state index contributed by atoms with van der Waals surface area (Å²) in [7, 11) is 0. The lowest BCUT2D eigenvalue weighted by molar-refractivity contribution is -0.0878. The number of hydrogen-bond acceptors (Lipinski definition) is 1. The summed E-state index contributed by atoms with van der Waals surface area (Å²) in [6.07, 6.45) is 0.882. The maximum absolute atomic E-state index is 12.2. The van der Waals surface area contributed by atoms with Crippen LogP contribution in [0.1, 0.15) is 0 Å². The van der Waals surface area contributed by atoms with Crippen molar-refractivity contribution in [1.29, 1.82) is 0 Å². The van der Waals surface area contributed by atoms with E-state index in [9.17, 15) is 13.2 Å². The molecule has 0 aliphatic heterocycles. The van der Waals surface area contributed by atoms with E-state index in [0.29, 0.717) is 23.3 Å². The normalized spacial score (nSPS) is 12.0. The van der Waals surface area contributed by atoms with Crippen molar-refractivity contribution < 1.29 is 13.2 Å². The SMILES string of the molecule is C=C(/C=C\C(=C)C(=C)/C=C\C(=C)C(F)(F)F)CN. The van der Waals surface area contributed by atoms with E-state index in [-0.39, 0.29) is 0 Å². The van der Waals surface area contributed by atoms with Crippen molar-refractivity contribution in [3.8, 4) is 0 Å². The van der Waals surface area contributed by atoms with Gasteiger partial charge < -0.3 is 5.73 Å². The molecule has 2 N–H and O–H groups in total. The molecule has 98 valence electrons. The van der Waals surface area contributed by atoms with Crippen LogP contribution in [-0.2, 0) is 0 Å². The third kappa shape index (κ3) is 6.06. The number of hydrogen-bond donors (Lipinski definition) is 1. The molecule has 0 aromatic heterocycles. The molecule has 0 aliphatic carbocycles. The van der Waals surface area contributed by atoms with E-state index in [0.717, 1.165) is 6.08 Å². The maximum atomic E-state index is 12.2. The van der Waals surface area contributed by atoms with E-state index in [1.165, 1.54) is 6.08 Å². The van der Waals surface area contributed by atoms with Crippen molar-refractivity contribution in [3.63, 3.8) is 0 Å². The molecule has 0 saturated heterocycles. The quantitative estimate of drug-likeness (QED) is 0.717. The first-order valence-corrected chi connectivity index (χ1v) is 5.06. The number of rotatable bonds is 6. The predicted molar refractivity (Wildman–Crippen MR) is 69.9 cm³/mol. The summed E-state index contributed by atoms with van der Waals surface area (Å²) in [6.45, 7) is 14.1. The first kappa shape index (κ1) is 16.2. The summed E-state index contributed by atoms with van der Waals surface area (Å²) < 4.78 is 36.5. The zero-order valence-corrected chi connectivity index (χ0v) is 10.1. The van der Waals surface area contributed by atoms with Crippen LogP contribution in [0.3, 0.4) is 0 Å². The highest BCUT2D eigenvalue weighted by Crippen LogP contribution is 2.25. The highest BCUT2D eigenvalue weighted by Gasteiger charge is 2.29. The molecule has 0 aromatic rings. The number of alkyl halides is 3. The molecule has 0 rings (SSSR count). The molecule has 0 heterocycles. The van der Waals surface area contributed by atoms with E-state index >= 15 is 0 Å². The van der Waals surface area contributed by atoms with Gasteiger partial charge >= 0.3 is 6.18 Å². The fraction of sp³-hybridized carbons (Fsp3) is 0.143. The van der Waals surface area contributed by atoms with Gasteiger partial charge in [-0.15, -0.1) is 0 Å². The van der Waals surface area contributed by atoms with Crippen molar-refractivity contribution in [1.82, 2.24) is 0 Å². The Labute approximate surface area is 105 Å². The lowest BCUT2D eigenvalue weighted by Gasteiger charge is -2.05. The van der Waals surface area contributed by atoms with Crippen molar-refractivity contribution in [2.45, 2.75) is 6.18 Å². The number of nitrogens with two attached hydrogens (primary N) is 1. The van der Waals surface area contributed by atoms with Crippen LogP contribution < -0.4 is 5.73 Å². The minimum absolute atomic E-state index is 0.303. The van der Waals surface area contributed by atoms with E-state index in [2.05, 4.69) is 26.3 Å². The Morgan fingerprint density at radius 1 is 0.889 bits per heavy atom. The standard InChI is InChI=1S/C14H16F3N/c1-10(9-18)5-6-11(2)12(3)7-8-13(4)14(15,16)17/h5-8H,1-4,9,18H2/b6-5-,8-7-. The van der Waals surface area contributed by atoms with Gasteiger partial charge in [0.05, 0.1) is 0 Å². The van der Waals surface area contributed by atoms with Crippen LogP contribution in [0.2, 0.25) is 0 Å². The Balaban J connectivity index is 4.56. The van der Waals surface area contributed by atoms with Crippen LogP contribution in [0.4, 0.5) is 13.2 Å². The Morgan fingerprint density at radius 2 is 1.33 bits per heavy atom. The molecule has 1 nitrogen and oxygen atoms in total. The van der Waals surface area contributed by atoms with Crippen LogP contribution in [0.25, 0.3) is 0 Å². The molecule has 0 fully saturated rings. The first-order valence-electron chi connectivity index (χ1n) is 5.06. The third-order valence-electron chi connectivity index (χ3n) is 2.04. The maximum Gasteiger partial charge on any atom is 0.415 e. The minimum atomic E-state index is -4.43. The molecule has 0 bridgehead atoms. The van der Waals surface area contributed by atoms with Gasteiger partial charge in [0, 0.05) is 12.1 Å². The van der Waals surface area contributed by atoms with Crippen molar-refractivity contribution in [3.05, 3.63) is 72.9 Å². The van der Waals surface area contributed by atoms with Crippen LogP contribution in [0, 0.1) is 0 Å². The van der Waals surface area contributed by atoms with E-state index in [1.54, 1.807) is 12.2 Å². The monoisotopic (exact) mass is 255 g/mol. The summed E-state index contributed by atoms with van der Waals surface area (Å²) in [5.41, 5.74) is 5.92. The third-order valence-corrected chi connectivity index (χ3v) is 2.04. The molecule has 0 spiro atoms. The van der Waals surface area contributed by atoms with Gasteiger partial charge in [0.2, 0.25) is 0 Å². The zero-order valence-electron chi connectivity index (χ0n) is 10.1. The average molecular weight is 255 g/mol. The molecule has 0 aromatic carbocycles. The Hall–Kier alpha value is -1.81. The molecule has 0 atom stereocenters. The lowest BCUT2D eigenvalue weighted by Crippen LogP contribution is -2.08. The Morgan fingerprint density at radius 3 is 1.72 bits per heavy atom. The van der Waals surface area contributed by atoms with Crippen molar-refractivity contribution in [2.24, 2.45) is 5.73 Å². The Kier molecular flexibility index (Phi) is 6.13. The topological polar surface area (TPSA) is 26.0 Å². The van der Waals surface area contributed by atoms with Crippen molar-refractivity contribution in [2.75, 3.05) is 6.54 Å². The Bertz CT molecular complexity index is 423. The van der Waals surface area contributed by atoms with Crippen LogP contribution >= 0.6 is 0 Å². The second-order valence-corrected chi connectivity index (χ2v) is 3.60. The van der Waals surface area contributed by atoms with Crippen LogP contribution in [0.15, 0.2) is 72.9 Å². The second-order valence-electron chi connectivity index (χ2n) is 3.60. The molecule has 18 heavy (non-hydrogen) atoms. The highest BCUT2D eigenvalue weighted by molar-refractivity contribution is 5.45. The zero-order chi connectivity index (χ0) is 14.3. The van der Waals surface area contributed by atoms with Crippen molar-refractivity contribution >= 4 is 0 Å². The van der Waals surface area contributed by atoms with Gasteiger partial charge in [-0.25, -0.2) is 0 Å². The van der Waals surface area contributed by atoms with Gasteiger partial charge in [-0.05, 0) is 16.7 Å². The largest absolute Gasteiger partial charge is 0.415 e. The number of allylic oxidation sites excluding steroid dienone is 6. The summed E-state index contributed by atoms with van der Waals surface area (Å²) >= 11 is 0. The molecule has 4 heteroatoms. The molecule has 0 amide bonds. The van der Waals surface area contributed by atoms with Gasteiger partial charge in [0.15, 0.2) is 0 Å². The summed E-state index contributed by atoms with van der Waals surface area (Å²) in [5, 5.41) is 0. The fourth-order valence-corrected chi connectivity index (χ4v) is 0.796. The van der Waals surface area contributed by atoms with E-state index in [1.807, 2.05) is 0 Å². The van der Waals surface area contributed by atoms with Gasteiger partial charge in [-0.2, -0.15) is 13.2 Å². The van der Waals surface area contributed by atoms with Gasteiger partial charge in [-0.1, -0.05) is 50.6 Å². The van der Waals surface area contributed by atoms with E-state index in [4.69, 9.17) is 5.73 Å². The smallest absolute Gasteiger partial charge is 0.327 e. The summed E-state index contributed by atoms with van der Waals surface area (Å²) in [4.78, 5) is 0. The van der Waals surface area contributed by atoms with Gasteiger partial charge in [-0.3, -0.25) is 0 Å².